The first-order chi connectivity index (χ1) is 14.1. The van der Waals surface area contributed by atoms with Crippen LogP contribution in [-0.4, -0.2) is 35.5 Å². The number of fused-ring (bicyclic) bond motifs is 1. The highest BCUT2D eigenvalue weighted by molar-refractivity contribution is 4.95. The molecule has 1 aliphatic heterocycles. The summed E-state index contributed by atoms with van der Waals surface area (Å²) in [5.74, 6) is 5.88. The fraction of sp³-hybridized carbons (Fsp3) is 1.00. The van der Waals surface area contributed by atoms with E-state index in [1.165, 1.54) is 63.5 Å². The summed E-state index contributed by atoms with van der Waals surface area (Å²) >= 11 is 0. The van der Waals surface area contributed by atoms with Crippen LogP contribution in [0.5, 0.6) is 0 Å². The predicted octanol–water partition coefficient (Wildman–Crippen LogP) is 7.18. The number of nitrogens with zero attached hydrogens (tertiary/aromatic N) is 1. The van der Waals surface area contributed by atoms with Gasteiger partial charge in [0.15, 0.2) is 0 Å². The molecule has 3 aliphatic rings. The summed E-state index contributed by atoms with van der Waals surface area (Å²) in [5, 5.41) is 0. The summed E-state index contributed by atoms with van der Waals surface area (Å²) in [7, 11) is 0. The van der Waals surface area contributed by atoms with Crippen LogP contribution in [0.4, 0.5) is 0 Å². The van der Waals surface area contributed by atoms with Crippen molar-refractivity contribution in [2.24, 2.45) is 46.7 Å². The van der Waals surface area contributed by atoms with E-state index in [0.29, 0.717) is 17.4 Å². The van der Waals surface area contributed by atoms with E-state index in [-0.39, 0.29) is 18.9 Å². The maximum atomic E-state index is 6.40. The molecule has 0 bridgehead atoms. The van der Waals surface area contributed by atoms with E-state index in [1.807, 2.05) is 0 Å². The number of hydrogen-bond donors (Lipinski definition) is 1. The Morgan fingerprint density at radius 3 is 2.06 bits per heavy atom. The quantitative estimate of drug-likeness (QED) is 0.401. The topological polar surface area (TPSA) is 60.8 Å². The average Bonchev–Trinajstić information content (AvgIpc) is 2.69. The molecule has 0 spiro atoms. The van der Waals surface area contributed by atoms with Crippen LogP contribution in [0, 0.1) is 40.9 Å². The Morgan fingerprint density at radius 2 is 1.69 bits per heavy atom. The van der Waals surface area contributed by atoms with E-state index >= 15 is 0 Å². The number of rotatable bonds is 9. The van der Waals surface area contributed by atoms with Gasteiger partial charge in [-0.25, -0.2) is 0 Å². The Kier molecular flexibility index (Phi) is 14.3. The second-order valence-corrected chi connectivity index (χ2v) is 12.4. The van der Waals surface area contributed by atoms with Crippen LogP contribution in [0.15, 0.2) is 0 Å². The van der Waals surface area contributed by atoms with Crippen LogP contribution in [0.1, 0.15) is 121 Å². The van der Waals surface area contributed by atoms with Crippen molar-refractivity contribution >= 4 is 0 Å². The Morgan fingerprint density at radius 1 is 1.03 bits per heavy atom. The molecule has 2 aliphatic carbocycles. The molecule has 1 heterocycles. The monoisotopic (exact) mass is 454 g/mol. The molecule has 3 heteroatoms. The first-order valence-electron chi connectivity index (χ1n) is 13.6. The van der Waals surface area contributed by atoms with Gasteiger partial charge in [-0.1, -0.05) is 81.6 Å². The normalized spacial score (nSPS) is 31.3. The molecule has 4 N–H and O–H groups in total. The lowest BCUT2D eigenvalue weighted by Crippen LogP contribution is -2.55. The van der Waals surface area contributed by atoms with Gasteiger partial charge < -0.3 is 11.2 Å². The van der Waals surface area contributed by atoms with Crippen molar-refractivity contribution < 1.29 is 5.48 Å². The van der Waals surface area contributed by atoms with E-state index in [0.717, 1.165) is 17.8 Å². The third kappa shape index (κ3) is 8.27. The van der Waals surface area contributed by atoms with Gasteiger partial charge >= 0.3 is 0 Å². The van der Waals surface area contributed by atoms with Crippen molar-refractivity contribution in [3.63, 3.8) is 0 Å². The molecule has 7 atom stereocenters. The van der Waals surface area contributed by atoms with Gasteiger partial charge in [0, 0.05) is 18.6 Å². The molecule has 0 amide bonds. The lowest BCUT2D eigenvalue weighted by Gasteiger charge is -2.53. The number of nitrogens with two attached hydrogens (primary N) is 1. The smallest absolute Gasteiger partial charge is 0.0221 e. The minimum atomic E-state index is 0. The molecule has 0 aromatic rings. The first-order valence-corrected chi connectivity index (χ1v) is 13.6. The molecular weight excluding hydrogens is 392 g/mol. The Bertz CT molecular complexity index is 490. The SMILES string of the molecule is C.CC[C@@H](C)CCC[C@H]1CCN([C@H](C)[C@H](N)C(C)C)CC1(C)C.CC[C@H]1CC2CCC21.O. The van der Waals surface area contributed by atoms with E-state index in [4.69, 9.17) is 5.73 Å². The third-order valence-electron chi connectivity index (χ3n) is 9.54. The molecule has 32 heavy (non-hydrogen) atoms. The lowest BCUT2D eigenvalue weighted by atomic mass is 9.53. The Hall–Kier alpha value is -0.120. The molecule has 3 nitrogen and oxygen atoms in total. The van der Waals surface area contributed by atoms with E-state index in [2.05, 4.69) is 60.3 Å². The minimum absolute atomic E-state index is 0. The van der Waals surface area contributed by atoms with Gasteiger partial charge in [-0.15, -0.1) is 0 Å². The van der Waals surface area contributed by atoms with Crippen LogP contribution < -0.4 is 5.73 Å². The van der Waals surface area contributed by atoms with Gasteiger partial charge in [0.05, 0.1) is 0 Å². The molecule has 2 unspecified atom stereocenters. The molecule has 0 aromatic carbocycles. The second kappa shape index (κ2) is 14.3. The van der Waals surface area contributed by atoms with Crippen molar-refractivity contribution in [1.29, 1.82) is 0 Å². The molecule has 3 fully saturated rings. The minimum Gasteiger partial charge on any atom is -0.412 e. The highest BCUT2D eigenvalue weighted by Crippen LogP contribution is 2.55. The fourth-order valence-corrected chi connectivity index (χ4v) is 6.39. The summed E-state index contributed by atoms with van der Waals surface area (Å²) in [6.45, 7) is 21.2. The van der Waals surface area contributed by atoms with Crippen molar-refractivity contribution in [3.8, 4) is 0 Å². The van der Waals surface area contributed by atoms with Gasteiger partial charge in [-0.05, 0) is 86.5 Å². The Labute approximate surface area is 203 Å². The van der Waals surface area contributed by atoms with Gasteiger partial charge in [0.25, 0.3) is 0 Å². The van der Waals surface area contributed by atoms with E-state index in [9.17, 15) is 0 Å². The van der Waals surface area contributed by atoms with E-state index in [1.54, 1.807) is 19.3 Å². The van der Waals surface area contributed by atoms with Crippen molar-refractivity contribution in [2.75, 3.05) is 13.1 Å². The number of hydrogen-bond acceptors (Lipinski definition) is 2. The molecule has 0 aromatic heterocycles. The Balaban J connectivity index is 0.000000798. The molecule has 1 saturated heterocycles. The average molecular weight is 455 g/mol. The number of piperidine rings is 1. The van der Waals surface area contributed by atoms with Gasteiger partial charge in [-0.2, -0.15) is 0 Å². The first kappa shape index (κ1) is 31.9. The van der Waals surface area contributed by atoms with Crippen molar-refractivity contribution in [3.05, 3.63) is 0 Å². The zero-order valence-corrected chi connectivity index (χ0v) is 22.4. The number of likely N-dealkylation sites (tertiary alicyclic amines) is 1. The largest absolute Gasteiger partial charge is 0.412 e. The highest BCUT2D eigenvalue weighted by atomic mass is 16.0. The van der Waals surface area contributed by atoms with Crippen LogP contribution in [-0.2, 0) is 0 Å². The van der Waals surface area contributed by atoms with Gasteiger partial charge in [0.1, 0.15) is 0 Å². The predicted molar refractivity (Wildman–Crippen MR) is 144 cm³/mol. The van der Waals surface area contributed by atoms with Gasteiger partial charge in [0.2, 0.25) is 0 Å². The maximum Gasteiger partial charge on any atom is 0.0221 e. The van der Waals surface area contributed by atoms with Crippen molar-refractivity contribution in [1.82, 2.24) is 4.90 Å². The molecule has 3 rings (SSSR count). The lowest BCUT2D eigenvalue weighted by molar-refractivity contribution is -0.0267. The zero-order valence-electron chi connectivity index (χ0n) is 22.4. The third-order valence-corrected chi connectivity index (χ3v) is 9.54. The summed E-state index contributed by atoms with van der Waals surface area (Å²) in [6, 6.07) is 0.790. The summed E-state index contributed by atoms with van der Waals surface area (Å²) in [4.78, 5) is 2.65. The van der Waals surface area contributed by atoms with Crippen LogP contribution in [0.3, 0.4) is 0 Å². The van der Waals surface area contributed by atoms with Crippen LogP contribution in [0.2, 0.25) is 0 Å². The summed E-state index contributed by atoms with van der Waals surface area (Å²) < 4.78 is 0. The summed E-state index contributed by atoms with van der Waals surface area (Å²) in [6.07, 6.45) is 13.0. The zero-order chi connectivity index (χ0) is 22.5. The molecule has 0 radical (unpaired) electrons. The highest BCUT2D eigenvalue weighted by Gasteiger charge is 2.45. The summed E-state index contributed by atoms with van der Waals surface area (Å²) in [5.41, 5.74) is 6.83. The fourth-order valence-electron chi connectivity index (χ4n) is 6.39. The van der Waals surface area contributed by atoms with Gasteiger partial charge in [-0.3, -0.25) is 4.90 Å². The second-order valence-electron chi connectivity index (χ2n) is 12.4. The molecular formula is C29H62N2O. The van der Waals surface area contributed by atoms with Crippen molar-refractivity contribution in [2.45, 2.75) is 133 Å². The van der Waals surface area contributed by atoms with Crippen LogP contribution >= 0.6 is 0 Å². The van der Waals surface area contributed by atoms with Crippen LogP contribution in [0.25, 0.3) is 0 Å². The standard InChI is InChI=1S/C20H42N2.C8H14.CH4.H2O/c1-8-16(4)10-9-11-18-12-13-22(14-20(18,6)7)17(5)19(21)15(2)3;1-2-6-5-7-3-4-8(6)7;;/h15-19H,8-14,21H2,1-7H3;6-8H,2-5H2,1H3;1H4;1H2/t16-,17-,18+,19-;6-,7?,8?;;/m10../s1. The maximum absolute atomic E-state index is 6.40. The molecule has 194 valence electrons. The van der Waals surface area contributed by atoms with E-state index < -0.39 is 0 Å². The molecule has 2 saturated carbocycles.